The van der Waals surface area contributed by atoms with E-state index in [0.29, 0.717) is 6.04 Å². The van der Waals surface area contributed by atoms with Crippen LogP contribution in [0.5, 0.6) is 0 Å². The van der Waals surface area contributed by atoms with E-state index in [9.17, 15) is 0 Å². The number of hydrogen-bond donors (Lipinski definition) is 1. The van der Waals surface area contributed by atoms with E-state index in [2.05, 4.69) is 48.8 Å². The predicted molar refractivity (Wildman–Crippen MR) is 84.1 cm³/mol. The summed E-state index contributed by atoms with van der Waals surface area (Å²) in [7, 11) is 0. The van der Waals surface area contributed by atoms with Crippen molar-refractivity contribution in [1.29, 1.82) is 0 Å². The fraction of sp³-hybridized carbons (Fsp3) is 0.412. The van der Waals surface area contributed by atoms with Gasteiger partial charge in [0.15, 0.2) is 0 Å². The lowest BCUT2D eigenvalue weighted by Gasteiger charge is -2.20. The third kappa shape index (κ3) is 2.66. The molecule has 0 bridgehead atoms. The quantitative estimate of drug-likeness (QED) is 0.891. The standard InChI is InChI=1S/C17H21NOS/c1-3-7-18-17(16-6-8-20-12(16)2)13-4-5-14-10-19-11-15(14)9-13/h4-6,8-9,17-18H,3,7,10-11H2,1-2H3. The molecule has 1 aromatic heterocycles. The highest BCUT2D eigenvalue weighted by atomic mass is 32.1. The average molecular weight is 287 g/mol. The molecule has 0 fully saturated rings. The monoisotopic (exact) mass is 287 g/mol. The van der Waals surface area contributed by atoms with Gasteiger partial charge in [-0.05, 0) is 53.6 Å². The molecule has 1 aromatic carbocycles. The van der Waals surface area contributed by atoms with Crippen LogP contribution in [0.3, 0.4) is 0 Å². The van der Waals surface area contributed by atoms with Crippen molar-refractivity contribution in [3.05, 3.63) is 56.8 Å². The summed E-state index contributed by atoms with van der Waals surface area (Å²) in [6.45, 7) is 6.97. The van der Waals surface area contributed by atoms with Gasteiger partial charge in [-0.15, -0.1) is 11.3 Å². The first-order valence-corrected chi connectivity index (χ1v) is 8.14. The summed E-state index contributed by atoms with van der Waals surface area (Å²) < 4.78 is 5.53. The van der Waals surface area contributed by atoms with E-state index < -0.39 is 0 Å². The van der Waals surface area contributed by atoms with Gasteiger partial charge >= 0.3 is 0 Å². The highest BCUT2D eigenvalue weighted by Gasteiger charge is 2.19. The van der Waals surface area contributed by atoms with Crippen LogP contribution in [0.4, 0.5) is 0 Å². The topological polar surface area (TPSA) is 21.3 Å². The lowest BCUT2D eigenvalue weighted by molar-refractivity contribution is 0.134. The fourth-order valence-corrected chi connectivity index (χ4v) is 3.50. The molecule has 0 radical (unpaired) electrons. The predicted octanol–water partition coefficient (Wildman–Crippen LogP) is 4.18. The van der Waals surface area contributed by atoms with Crippen molar-refractivity contribution >= 4 is 11.3 Å². The number of fused-ring (bicyclic) bond motifs is 1. The highest BCUT2D eigenvalue weighted by Crippen LogP contribution is 2.31. The number of thiophene rings is 1. The number of aryl methyl sites for hydroxylation is 1. The van der Waals surface area contributed by atoms with Crippen molar-refractivity contribution < 1.29 is 4.74 Å². The average Bonchev–Trinajstić information content (AvgIpc) is 3.08. The molecule has 1 atom stereocenters. The van der Waals surface area contributed by atoms with Crippen molar-refractivity contribution in [2.45, 2.75) is 39.5 Å². The minimum Gasteiger partial charge on any atom is -0.372 e. The summed E-state index contributed by atoms with van der Waals surface area (Å²) in [6.07, 6.45) is 1.15. The van der Waals surface area contributed by atoms with Crippen molar-refractivity contribution in [2.75, 3.05) is 6.54 Å². The van der Waals surface area contributed by atoms with E-state index in [-0.39, 0.29) is 0 Å². The van der Waals surface area contributed by atoms with Gasteiger partial charge in [0.05, 0.1) is 19.3 Å². The normalized spacial score (nSPS) is 15.3. The van der Waals surface area contributed by atoms with E-state index in [4.69, 9.17) is 4.74 Å². The van der Waals surface area contributed by atoms with E-state index in [1.54, 1.807) is 0 Å². The molecule has 20 heavy (non-hydrogen) atoms. The van der Waals surface area contributed by atoms with Crippen molar-refractivity contribution in [3.63, 3.8) is 0 Å². The van der Waals surface area contributed by atoms with E-state index >= 15 is 0 Å². The van der Waals surface area contributed by atoms with Crippen LogP contribution in [0.25, 0.3) is 0 Å². The van der Waals surface area contributed by atoms with Crippen LogP contribution in [0.15, 0.2) is 29.6 Å². The van der Waals surface area contributed by atoms with Gasteiger partial charge < -0.3 is 10.1 Å². The first-order valence-electron chi connectivity index (χ1n) is 7.26. The zero-order chi connectivity index (χ0) is 13.9. The van der Waals surface area contributed by atoms with Crippen molar-refractivity contribution in [2.24, 2.45) is 0 Å². The molecule has 2 aromatic rings. The molecule has 3 heteroatoms. The number of rotatable bonds is 5. The molecule has 2 nitrogen and oxygen atoms in total. The lowest BCUT2D eigenvalue weighted by atomic mass is 9.96. The van der Waals surface area contributed by atoms with Crippen LogP contribution in [0.2, 0.25) is 0 Å². The Bertz CT molecular complexity index is 590. The Morgan fingerprint density at radius 1 is 1.25 bits per heavy atom. The molecule has 1 N–H and O–H groups in total. The van der Waals surface area contributed by atoms with E-state index in [1.807, 2.05) is 11.3 Å². The van der Waals surface area contributed by atoms with Gasteiger partial charge in [-0.1, -0.05) is 25.1 Å². The minimum absolute atomic E-state index is 0.298. The molecular formula is C17H21NOS. The van der Waals surface area contributed by atoms with Crippen LogP contribution in [0.1, 0.15) is 46.5 Å². The second kappa shape index (κ2) is 6.08. The molecule has 0 saturated carbocycles. The van der Waals surface area contributed by atoms with Crippen molar-refractivity contribution in [1.82, 2.24) is 5.32 Å². The van der Waals surface area contributed by atoms with Gasteiger partial charge in [0.25, 0.3) is 0 Å². The lowest BCUT2D eigenvalue weighted by Crippen LogP contribution is -2.23. The minimum atomic E-state index is 0.298. The summed E-state index contributed by atoms with van der Waals surface area (Å²) in [5.41, 5.74) is 5.44. The van der Waals surface area contributed by atoms with Gasteiger partial charge in [0, 0.05) is 4.88 Å². The maximum absolute atomic E-state index is 5.53. The molecule has 0 aliphatic carbocycles. The maximum atomic E-state index is 5.53. The van der Waals surface area contributed by atoms with Gasteiger partial charge in [-0.2, -0.15) is 0 Å². The molecule has 0 amide bonds. The van der Waals surface area contributed by atoms with Crippen LogP contribution < -0.4 is 5.32 Å². The highest BCUT2D eigenvalue weighted by molar-refractivity contribution is 7.10. The van der Waals surface area contributed by atoms with Crippen LogP contribution in [-0.2, 0) is 18.0 Å². The van der Waals surface area contributed by atoms with Crippen LogP contribution in [0, 0.1) is 6.92 Å². The first-order chi connectivity index (χ1) is 9.79. The number of benzene rings is 1. The first kappa shape index (κ1) is 13.8. The zero-order valence-electron chi connectivity index (χ0n) is 12.1. The molecule has 106 valence electrons. The summed E-state index contributed by atoms with van der Waals surface area (Å²) >= 11 is 1.82. The molecule has 1 aliphatic rings. The summed E-state index contributed by atoms with van der Waals surface area (Å²) in [5.74, 6) is 0. The van der Waals surface area contributed by atoms with Crippen molar-refractivity contribution in [3.8, 4) is 0 Å². The Morgan fingerprint density at radius 3 is 2.85 bits per heavy atom. The Labute approximate surface area is 124 Å². The smallest absolute Gasteiger partial charge is 0.0725 e. The third-order valence-electron chi connectivity index (χ3n) is 3.89. The molecule has 0 spiro atoms. The Hall–Kier alpha value is -1.16. The third-order valence-corrected chi connectivity index (χ3v) is 4.75. The molecule has 2 heterocycles. The molecular weight excluding hydrogens is 266 g/mol. The molecule has 0 saturated heterocycles. The Balaban J connectivity index is 1.94. The van der Waals surface area contributed by atoms with E-state index in [1.165, 1.54) is 27.1 Å². The maximum Gasteiger partial charge on any atom is 0.0725 e. The van der Waals surface area contributed by atoms with Crippen LogP contribution >= 0.6 is 11.3 Å². The second-order valence-electron chi connectivity index (χ2n) is 5.34. The summed E-state index contributed by atoms with van der Waals surface area (Å²) in [4.78, 5) is 1.40. The molecule has 3 rings (SSSR count). The number of nitrogens with one attached hydrogen (secondary N) is 1. The van der Waals surface area contributed by atoms with E-state index in [0.717, 1.165) is 26.2 Å². The SMILES string of the molecule is CCCNC(c1ccc2c(c1)COC2)c1ccsc1C. The summed E-state index contributed by atoms with van der Waals surface area (Å²) in [5, 5.41) is 5.87. The Kier molecular flexibility index (Phi) is 4.20. The zero-order valence-corrected chi connectivity index (χ0v) is 12.9. The summed E-state index contributed by atoms with van der Waals surface area (Å²) in [6, 6.07) is 9.33. The van der Waals surface area contributed by atoms with Gasteiger partial charge in [0.2, 0.25) is 0 Å². The second-order valence-corrected chi connectivity index (χ2v) is 6.46. The number of ether oxygens (including phenoxy) is 1. The molecule has 1 aliphatic heterocycles. The molecule has 1 unspecified atom stereocenters. The largest absolute Gasteiger partial charge is 0.372 e. The van der Waals surface area contributed by atoms with Crippen LogP contribution in [-0.4, -0.2) is 6.54 Å². The number of hydrogen-bond acceptors (Lipinski definition) is 3. The fourth-order valence-electron chi connectivity index (χ4n) is 2.76. The van der Waals surface area contributed by atoms with Gasteiger partial charge in [-0.3, -0.25) is 0 Å². The van der Waals surface area contributed by atoms with Gasteiger partial charge in [-0.25, -0.2) is 0 Å². The Morgan fingerprint density at radius 2 is 2.10 bits per heavy atom. The van der Waals surface area contributed by atoms with Gasteiger partial charge in [0.1, 0.15) is 0 Å².